The van der Waals surface area contributed by atoms with Crippen molar-refractivity contribution >= 4 is 0 Å². The molecule has 0 bridgehead atoms. The van der Waals surface area contributed by atoms with E-state index in [0.29, 0.717) is 6.04 Å². The lowest BCUT2D eigenvalue weighted by molar-refractivity contribution is 0.318. The average Bonchev–Trinajstić information content (AvgIpc) is 2.68. The van der Waals surface area contributed by atoms with Crippen LogP contribution in [-0.4, -0.2) is 20.2 Å². The van der Waals surface area contributed by atoms with E-state index in [-0.39, 0.29) is 0 Å². The van der Waals surface area contributed by atoms with E-state index in [4.69, 9.17) is 0 Å². The number of rotatable bonds is 3. The summed E-state index contributed by atoms with van der Waals surface area (Å²) in [6.45, 7) is 3.71. The van der Waals surface area contributed by atoms with E-state index in [0.717, 1.165) is 12.2 Å². The minimum absolute atomic E-state index is 0.522. The Kier molecular flexibility index (Phi) is 2.91. The van der Waals surface area contributed by atoms with Gasteiger partial charge >= 0.3 is 0 Å². The van der Waals surface area contributed by atoms with E-state index in [2.05, 4.69) is 22.1 Å². The summed E-state index contributed by atoms with van der Waals surface area (Å²) < 4.78 is 1.99. The summed E-state index contributed by atoms with van der Waals surface area (Å²) in [5.74, 6) is 0.951. The molecule has 1 aromatic heterocycles. The van der Waals surface area contributed by atoms with Gasteiger partial charge in [-0.05, 0) is 23.3 Å². The zero-order valence-corrected chi connectivity index (χ0v) is 8.39. The van der Waals surface area contributed by atoms with Crippen molar-refractivity contribution < 1.29 is 0 Å². The first-order valence-electron chi connectivity index (χ1n) is 5.29. The molecule has 0 aromatic carbocycles. The molecule has 4 nitrogen and oxygen atoms in total. The van der Waals surface area contributed by atoms with E-state index < -0.39 is 0 Å². The van der Waals surface area contributed by atoms with Gasteiger partial charge in [-0.15, -0.1) is 11.7 Å². The summed E-state index contributed by atoms with van der Waals surface area (Å²) in [7, 11) is 0. The molecule has 0 saturated heterocycles. The second-order valence-corrected chi connectivity index (χ2v) is 3.82. The molecule has 14 heavy (non-hydrogen) atoms. The topological polar surface area (TPSA) is 43.6 Å². The van der Waals surface area contributed by atoms with E-state index in [1.54, 1.807) is 0 Å². The van der Waals surface area contributed by atoms with Crippen molar-refractivity contribution in [1.29, 1.82) is 0 Å². The summed E-state index contributed by atoms with van der Waals surface area (Å²) in [6.07, 6.45) is 9.02. The minimum atomic E-state index is 0.522. The van der Waals surface area contributed by atoms with Gasteiger partial charge in [0.1, 0.15) is 0 Å². The van der Waals surface area contributed by atoms with Crippen LogP contribution in [0.5, 0.6) is 0 Å². The molecular weight excluding hydrogens is 176 g/mol. The van der Waals surface area contributed by atoms with Gasteiger partial charge in [-0.25, -0.2) is 4.68 Å². The zero-order valence-electron chi connectivity index (χ0n) is 8.39. The fraction of sp³-hybridized carbons (Fsp3) is 0.700. The standard InChI is InChI=1S/C10H16N4/c1-2-6-10-11-12-13-14(10)9-7-4-3-5-8-9/h2,9H,1,3-8H2. The first-order chi connectivity index (χ1) is 6.92. The molecule has 0 N–H and O–H groups in total. The predicted molar refractivity (Wildman–Crippen MR) is 53.8 cm³/mol. The van der Waals surface area contributed by atoms with Gasteiger partial charge < -0.3 is 0 Å². The molecule has 1 aliphatic rings. The normalized spacial score (nSPS) is 18.3. The van der Waals surface area contributed by atoms with Crippen LogP contribution in [0.4, 0.5) is 0 Å². The second-order valence-electron chi connectivity index (χ2n) is 3.82. The number of aromatic nitrogens is 4. The van der Waals surface area contributed by atoms with Crippen LogP contribution in [0, 0.1) is 0 Å². The SMILES string of the molecule is C=CCc1nnnn1C1CCCCC1. The summed E-state index contributed by atoms with van der Waals surface area (Å²) in [6, 6.07) is 0.522. The van der Waals surface area contributed by atoms with Crippen LogP contribution >= 0.6 is 0 Å². The quantitative estimate of drug-likeness (QED) is 0.687. The van der Waals surface area contributed by atoms with Crippen molar-refractivity contribution in [2.24, 2.45) is 0 Å². The Hall–Kier alpha value is -1.19. The lowest BCUT2D eigenvalue weighted by Crippen LogP contribution is -2.16. The maximum atomic E-state index is 4.07. The van der Waals surface area contributed by atoms with E-state index in [1.165, 1.54) is 32.1 Å². The van der Waals surface area contributed by atoms with Crippen molar-refractivity contribution in [2.75, 3.05) is 0 Å². The van der Waals surface area contributed by atoms with Crippen molar-refractivity contribution in [3.63, 3.8) is 0 Å². The van der Waals surface area contributed by atoms with Gasteiger partial charge in [-0.3, -0.25) is 0 Å². The number of nitrogens with zero attached hydrogens (tertiary/aromatic N) is 4. The molecule has 0 atom stereocenters. The van der Waals surface area contributed by atoms with Gasteiger partial charge in [-0.2, -0.15) is 0 Å². The van der Waals surface area contributed by atoms with Crippen LogP contribution < -0.4 is 0 Å². The number of hydrogen-bond donors (Lipinski definition) is 0. The summed E-state index contributed by atoms with van der Waals surface area (Å²) in [5, 5.41) is 11.8. The van der Waals surface area contributed by atoms with Crippen LogP contribution in [0.3, 0.4) is 0 Å². The summed E-state index contributed by atoms with van der Waals surface area (Å²) in [5.41, 5.74) is 0. The second kappa shape index (κ2) is 4.35. The Morgan fingerprint density at radius 1 is 1.36 bits per heavy atom. The zero-order chi connectivity index (χ0) is 9.80. The molecule has 0 aliphatic heterocycles. The van der Waals surface area contributed by atoms with Gasteiger partial charge in [0.2, 0.25) is 0 Å². The van der Waals surface area contributed by atoms with Gasteiger partial charge in [0, 0.05) is 6.42 Å². The van der Waals surface area contributed by atoms with Gasteiger partial charge in [0.05, 0.1) is 6.04 Å². The minimum Gasteiger partial charge on any atom is -0.226 e. The summed E-state index contributed by atoms with van der Waals surface area (Å²) >= 11 is 0. The molecule has 1 heterocycles. The molecule has 1 aliphatic carbocycles. The average molecular weight is 192 g/mol. The van der Waals surface area contributed by atoms with Crippen LogP contribution in [-0.2, 0) is 6.42 Å². The van der Waals surface area contributed by atoms with Crippen LogP contribution in [0.25, 0.3) is 0 Å². The molecule has 0 unspecified atom stereocenters. The maximum absolute atomic E-state index is 4.07. The molecule has 76 valence electrons. The van der Waals surface area contributed by atoms with Crippen molar-refractivity contribution in [3.05, 3.63) is 18.5 Å². The fourth-order valence-electron chi connectivity index (χ4n) is 2.09. The Balaban J connectivity index is 2.12. The third-order valence-electron chi connectivity index (χ3n) is 2.81. The molecule has 4 heteroatoms. The molecule has 0 spiro atoms. The van der Waals surface area contributed by atoms with Gasteiger partial charge in [0.25, 0.3) is 0 Å². The third-order valence-corrected chi connectivity index (χ3v) is 2.81. The van der Waals surface area contributed by atoms with Crippen molar-refractivity contribution in [3.8, 4) is 0 Å². The Morgan fingerprint density at radius 2 is 2.14 bits per heavy atom. The van der Waals surface area contributed by atoms with Crippen LogP contribution in [0.15, 0.2) is 12.7 Å². The Morgan fingerprint density at radius 3 is 2.86 bits per heavy atom. The van der Waals surface area contributed by atoms with Crippen LogP contribution in [0.1, 0.15) is 44.0 Å². The molecule has 1 fully saturated rings. The van der Waals surface area contributed by atoms with Gasteiger partial charge in [0.15, 0.2) is 5.82 Å². The largest absolute Gasteiger partial charge is 0.226 e. The number of tetrazole rings is 1. The molecule has 0 amide bonds. The van der Waals surface area contributed by atoms with E-state index in [1.807, 2.05) is 10.8 Å². The monoisotopic (exact) mass is 192 g/mol. The smallest absolute Gasteiger partial charge is 0.155 e. The van der Waals surface area contributed by atoms with Crippen molar-refractivity contribution in [2.45, 2.75) is 44.6 Å². The lowest BCUT2D eigenvalue weighted by atomic mass is 9.95. The van der Waals surface area contributed by atoms with E-state index >= 15 is 0 Å². The highest BCUT2D eigenvalue weighted by Gasteiger charge is 2.18. The molecular formula is C10H16N4. The molecule has 2 rings (SSSR count). The summed E-state index contributed by atoms with van der Waals surface area (Å²) in [4.78, 5) is 0. The first kappa shape index (κ1) is 9.37. The number of allylic oxidation sites excluding steroid dienone is 1. The maximum Gasteiger partial charge on any atom is 0.155 e. The highest BCUT2D eigenvalue weighted by molar-refractivity contribution is 4.92. The fourth-order valence-corrected chi connectivity index (χ4v) is 2.09. The lowest BCUT2D eigenvalue weighted by Gasteiger charge is -2.21. The third kappa shape index (κ3) is 1.84. The number of hydrogen-bond acceptors (Lipinski definition) is 3. The Labute approximate surface area is 84.0 Å². The molecule has 1 saturated carbocycles. The highest BCUT2D eigenvalue weighted by Crippen LogP contribution is 2.27. The molecule has 0 radical (unpaired) electrons. The van der Waals surface area contributed by atoms with E-state index in [9.17, 15) is 0 Å². The first-order valence-corrected chi connectivity index (χ1v) is 5.29. The highest BCUT2D eigenvalue weighted by atomic mass is 15.5. The van der Waals surface area contributed by atoms with Crippen molar-refractivity contribution in [1.82, 2.24) is 20.2 Å². The Bertz CT molecular complexity index is 299. The van der Waals surface area contributed by atoms with Crippen LogP contribution in [0.2, 0.25) is 0 Å². The molecule has 1 aromatic rings. The van der Waals surface area contributed by atoms with Gasteiger partial charge in [-0.1, -0.05) is 25.3 Å². The predicted octanol–water partition coefficient (Wildman–Crippen LogP) is 1.91.